The summed E-state index contributed by atoms with van der Waals surface area (Å²) >= 11 is 0. The zero-order valence-electron chi connectivity index (χ0n) is 36.8. The van der Waals surface area contributed by atoms with Crippen molar-refractivity contribution in [2.24, 2.45) is 0 Å². The van der Waals surface area contributed by atoms with Crippen molar-refractivity contribution >= 4 is 11.9 Å². The number of hydrogen-bond donors (Lipinski definition) is 0. The van der Waals surface area contributed by atoms with Crippen LogP contribution in [0.1, 0.15) is 193 Å². The summed E-state index contributed by atoms with van der Waals surface area (Å²) in [7, 11) is 0. The van der Waals surface area contributed by atoms with Crippen molar-refractivity contribution in [3.63, 3.8) is 0 Å². The first-order valence-electron chi connectivity index (χ1n) is 23.4. The summed E-state index contributed by atoms with van der Waals surface area (Å²) in [6.45, 7) is 16.0. The van der Waals surface area contributed by atoms with Crippen LogP contribution in [0.2, 0.25) is 0 Å². The van der Waals surface area contributed by atoms with Crippen LogP contribution in [0.25, 0.3) is 11.1 Å². The number of ether oxygens (including phenoxy) is 2. The molecule has 0 saturated carbocycles. The molecule has 0 fully saturated rings. The van der Waals surface area contributed by atoms with E-state index in [0.29, 0.717) is 12.8 Å². The summed E-state index contributed by atoms with van der Waals surface area (Å²) in [6, 6.07) is 16.2. The van der Waals surface area contributed by atoms with Crippen molar-refractivity contribution in [1.82, 2.24) is 9.80 Å². The van der Waals surface area contributed by atoms with Gasteiger partial charge in [-0.1, -0.05) is 179 Å². The van der Waals surface area contributed by atoms with Crippen LogP contribution in [-0.2, 0) is 32.3 Å². The number of unbranched alkanes of at least 4 members (excludes halogenated alkanes) is 16. The van der Waals surface area contributed by atoms with Crippen molar-refractivity contribution in [3.05, 3.63) is 59.7 Å². The summed E-state index contributed by atoms with van der Waals surface area (Å²) in [4.78, 5) is 31.1. The molecule has 0 bridgehead atoms. The van der Waals surface area contributed by atoms with Crippen LogP contribution in [0.15, 0.2) is 48.5 Å². The fourth-order valence-electron chi connectivity index (χ4n) is 7.60. The number of nitrogens with zero attached hydrogens (tertiary/aromatic N) is 2. The molecule has 0 aliphatic heterocycles. The molecule has 0 unspecified atom stereocenters. The molecule has 2 aromatic carbocycles. The molecule has 0 aromatic heterocycles. The van der Waals surface area contributed by atoms with Gasteiger partial charge >= 0.3 is 11.9 Å². The van der Waals surface area contributed by atoms with Crippen molar-refractivity contribution < 1.29 is 19.1 Å². The number of esters is 2. The zero-order valence-corrected chi connectivity index (χ0v) is 36.8. The van der Waals surface area contributed by atoms with Crippen LogP contribution < -0.4 is 0 Å². The predicted molar refractivity (Wildman–Crippen MR) is 238 cm³/mol. The van der Waals surface area contributed by atoms with Crippen LogP contribution in [-0.4, -0.2) is 61.0 Å². The van der Waals surface area contributed by atoms with E-state index in [1.165, 1.54) is 128 Å². The second kappa shape index (κ2) is 34.4. The van der Waals surface area contributed by atoms with Gasteiger partial charge in [0.15, 0.2) is 0 Å². The van der Waals surface area contributed by atoms with Crippen molar-refractivity contribution in [2.45, 2.75) is 195 Å². The molecular formula is C50H84N2O4. The molecule has 0 aliphatic rings. The Labute approximate surface area is 344 Å². The quantitative estimate of drug-likeness (QED) is 0.0503. The summed E-state index contributed by atoms with van der Waals surface area (Å²) in [5.74, 6) is -0.279. The maximum absolute atomic E-state index is 13.0. The third-order valence-corrected chi connectivity index (χ3v) is 11.1. The largest absolute Gasteiger partial charge is 0.461 e. The summed E-state index contributed by atoms with van der Waals surface area (Å²) in [5.41, 5.74) is 3.95. The van der Waals surface area contributed by atoms with Gasteiger partial charge in [0.05, 0.1) is 0 Å². The average Bonchev–Trinajstić information content (AvgIpc) is 3.21. The second-order valence-corrected chi connectivity index (χ2v) is 16.2. The maximum Gasteiger partial charge on any atom is 0.306 e. The molecule has 6 nitrogen and oxygen atoms in total. The third kappa shape index (κ3) is 24.2. The first kappa shape index (κ1) is 49.4. The monoisotopic (exact) mass is 777 g/mol. The lowest BCUT2D eigenvalue weighted by Gasteiger charge is -2.22. The number of hydrogen-bond acceptors (Lipinski definition) is 6. The van der Waals surface area contributed by atoms with E-state index in [2.05, 4.69) is 49.6 Å². The van der Waals surface area contributed by atoms with Gasteiger partial charge in [0.2, 0.25) is 0 Å². The van der Waals surface area contributed by atoms with Gasteiger partial charge in [0.1, 0.15) is 13.2 Å². The van der Waals surface area contributed by atoms with Gasteiger partial charge in [0.25, 0.3) is 0 Å². The molecule has 6 heteroatoms. The molecule has 0 spiro atoms. The highest BCUT2D eigenvalue weighted by atomic mass is 16.5. The van der Waals surface area contributed by atoms with Crippen LogP contribution >= 0.6 is 0 Å². The molecule has 0 heterocycles. The first-order chi connectivity index (χ1) is 27.5. The van der Waals surface area contributed by atoms with Crippen LogP contribution in [0.5, 0.6) is 0 Å². The Balaban J connectivity index is 1.87. The number of benzene rings is 2. The topological polar surface area (TPSA) is 59.1 Å². The Hall–Kier alpha value is -2.70. The minimum atomic E-state index is -0.139. The molecule has 0 saturated heterocycles. The SMILES string of the molecule is CCCCCCCN(CCCCCCC)CCCC(=O)OCc1ccccc1-c1ccccc1COC(=O)CCCN(CCCCCCC)CCCCCCC. The molecule has 0 atom stereocenters. The summed E-state index contributed by atoms with van der Waals surface area (Å²) < 4.78 is 11.7. The minimum absolute atomic E-state index is 0.139. The van der Waals surface area contributed by atoms with Crippen molar-refractivity contribution in [1.29, 1.82) is 0 Å². The standard InChI is InChI=1S/C50H84N2O4/c1-5-9-13-17-25-37-51(38-26-18-14-10-6-2)41-29-35-49(53)55-43-45-31-21-23-33-47(45)48-34-24-22-32-46(48)44-56-50(54)36-30-42-52(39-27-19-15-11-7-3)40-28-20-16-12-8-4/h21-24,31-34H,5-20,25-30,35-44H2,1-4H3. The highest BCUT2D eigenvalue weighted by Gasteiger charge is 2.14. The Kier molecular flexibility index (Phi) is 30.3. The van der Waals surface area contributed by atoms with Gasteiger partial charge in [-0.25, -0.2) is 0 Å². The van der Waals surface area contributed by atoms with E-state index >= 15 is 0 Å². The molecular weight excluding hydrogens is 693 g/mol. The molecule has 318 valence electrons. The fraction of sp³-hybridized carbons (Fsp3) is 0.720. The normalized spacial score (nSPS) is 11.5. The maximum atomic E-state index is 13.0. The summed E-state index contributed by atoms with van der Waals surface area (Å²) in [5, 5.41) is 0. The molecule has 0 N–H and O–H groups in total. The van der Waals surface area contributed by atoms with Crippen LogP contribution in [0.4, 0.5) is 0 Å². The van der Waals surface area contributed by atoms with E-state index < -0.39 is 0 Å². The lowest BCUT2D eigenvalue weighted by molar-refractivity contribution is -0.146. The molecule has 2 aromatic rings. The van der Waals surface area contributed by atoms with E-state index in [1.807, 2.05) is 36.4 Å². The van der Waals surface area contributed by atoms with Gasteiger partial charge in [-0.2, -0.15) is 0 Å². The van der Waals surface area contributed by atoms with E-state index in [4.69, 9.17) is 9.47 Å². The third-order valence-electron chi connectivity index (χ3n) is 11.1. The van der Waals surface area contributed by atoms with Gasteiger partial charge < -0.3 is 19.3 Å². The van der Waals surface area contributed by atoms with E-state index in [1.54, 1.807) is 0 Å². The van der Waals surface area contributed by atoms with E-state index in [9.17, 15) is 9.59 Å². The Morgan fingerprint density at radius 1 is 0.393 bits per heavy atom. The Morgan fingerprint density at radius 3 is 1.00 bits per heavy atom. The Bertz CT molecular complexity index is 1130. The van der Waals surface area contributed by atoms with Gasteiger partial charge in [0, 0.05) is 12.8 Å². The number of rotatable bonds is 37. The molecule has 2 rings (SSSR count). The molecule has 0 aliphatic carbocycles. The Morgan fingerprint density at radius 2 is 0.679 bits per heavy atom. The van der Waals surface area contributed by atoms with Crippen LogP contribution in [0.3, 0.4) is 0 Å². The highest BCUT2D eigenvalue weighted by molar-refractivity contribution is 5.73. The molecule has 0 radical (unpaired) electrons. The number of carbonyl (C=O) groups excluding carboxylic acids is 2. The highest BCUT2D eigenvalue weighted by Crippen LogP contribution is 2.28. The van der Waals surface area contributed by atoms with E-state index in [-0.39, 0.29) is 25.2 Å². The number of carbonyl (C=O) groups is 2. The first-order valence-corrected chi connectivity index (χ1v) is 23.4. The van der Waals surface area contributed by atoms with E-state index in [0.717, 1.165) is 74.4 Å². The lowest BCUT2D eigenvalue weighted by Crippen LogP contribution is -2.28. The van der Waals surface area contributed by atoms with Gasteiger partial charge in [-0.3, -0.25) is 9.59 Å². The van der Waals surface area contributed by atoms with Gasteiger partial charge in [-0.15, -0.1) is 0 Å². The molecule has 56 heavy (non-hydrogen) atoms. The van der Waals surface area contributed by atoms with Gasteiger partial charge in [-0.05, 0) is 100 Å². The second-order valence-electron chi connectivity index (χ2n) is 16.2. The zero-order chi connectivity index (χ0) is 40.3. The minimum Gasteiger partial charge on any atom is -0.461 e. The van der Waals surface area contributed by atoms with Crippen molar-refractivity contribution in [2.75, 3.05) is 39.3 Å². The van der Waals surface area contributed by atoms with Crippen molar-refractivity contribution in [3.8, 4) is 11.1 Å². The smallest absolute Gasteiger partial charge is 0.306 e. The summed E-state index contributed by atoms with van der Waals surface area (Å²) in [6.07, 6.45) is 28.4. The lowest BCUT2D eigenvalue weighted by atomic mass is 9.96. The van der Waals surface area contributed by atoms with Crippen LogP contribution in [0, 0.1) is 0 Å². The fourth-order valence-corrected chi connectivity index (χ4v) is 7.60. The predicted octanol–water partition coefficient (Wildman–Crippen LogP) is 13.5. The molecule has 0 amide bonds. The average molecular weight is 777 g/mol.